The first kappa shape index (κ1) is 19.5. The minimum Gasteiger partial charge on any atom is -0.480 e. The van der Waals surface area contributed by atoms with Crippen LogP contribution in [0.1, 0.15) is 18.9 Å². The van der Waals surface area contributed by atoms with Gasteiger partial charge in [-0.15, -0.1) is 0 Å². The molecule has 2 aromatic carbocycles. The minimum absolute atomic E-state index is 0.158. The maximum Gasteiger partial charge on any atom is 0.349 e. The second-order valence-electron chi connectivity index (χ2n) is 5.19. The first-order valence-corrected chi connectivity index (χ1v) is 9.17. The molecule has 5 nitrogen and oxygen atoms in total. The van der Waals surface area contributed by atoms with Crippen LogP contribution in [0.25, 0.3) is 0 Å². The molecular formula is C18H17Br2NO4. The van der Waals surface area contributed by atoms with Crippen LogP contribution in [0.4, 0.5) is 5.69 Å². The van der Waals surface area contributed by atoms with Crippen molar-refractivity contribution in [3.05, 3.63) is 50.9 Å². The standard InChI is InChI=1S/C18H17Br2NO4/c1-3-16(22)21-14-6-4-5-7-15(14)25-17(23)10-24-18-11(2)8-12(19)9-13(18)20/h4-9H,3,10H2,1-2H3,(H,21,22). The zero-order chi connectivity index (χ0) is 18.4. The van der Waals surface area contributed by atoms with Gasteiger partial charge < -0.3 is 14.8 Å². The van der Waals surface area contributed by atoms with Gasteiger partial charge in [0, 0.05) is 10.9 Å². The van der Waals surface area contributed by atoms with Crippen LogP contribution in [-0.4, -0.2) is 18.5 Å². The molecule has 0 saturated carbocycles. The Morgan fingerprint density at radius 3 is 2.56 bits per heavy atom. The van der Waals surface area contributed by atoms with E-state index >= 15 is 0 Å². The number of esters is 1. The smallest absolute Gasteiger partial charge is 0.349 e. The van der Waals surface area contributed by atoms with E-state index in [0.29, 0.717) is 17.9 Å². The van der Waals surface area contributed by atoms with Gasteiger partial charge in [-0.1, -0.05) is 35.0 Å². The number of nitrogens with one attached hydrogen (secondary N) is 1. The molecule has 7 heteroatoms. The van der Waals surface area contributed by atoms with Gasteiger partial charge in [0.05, 0.1) is 10.2 Å². The largest absolute Gasteiger partial charge is 0.480 e. The highest BCUT2D eigenvalue weighted by atomic mass is 79.9. The third-order valence-electron chi connectivity index (χ3n) is 3.23. The third kappa shape index (κ3) is 5.57. The van der Waals surface area contributed by atoms with Crippen molar-refractivity contribution in [2.45, 2.75) is 20.3 Å². The molecule has 0 unspecified atom stereocenters. The van der Waals surface area contributed by atoms with E-state index in [1.54, 1.807) is 31.2 Å². The number of ether oxygens (including phenoxy) is 2. The highest BCUT2D eigenvalue weighted by Gasteiger charge is 2.13. The number of rotatable bonds is 6. The van der Waals surface area contributed by atoms with Crippen LogP contribution in [0, 0.1) is 6.92 Å². The lowest BCUT2D eigenvalue weighted by Crippen LogP contribution is -2.19. The molecule has 132 valence electrons. The summed E-state index contributed by atoms with van der Waals surface area (Å²) >= 11 is 6.80. The Labute approximate surface area is 163 Å². The predicted octanol–water partition coefficient (Wildman–Crippen LogP) is 4.85. The van der Waals surface area contributed by atoms with Gasteiger partial charge in [-0.25, -0.2) is 4.79 Å². The number of para-hydroxylation sites is 2. The molecule has 0 aliphatic carbocycles. The summed E-state index contributed by atoms with van der Waals surface area (Å²) in [5.74, 6) is 0.138. The Balaban J connectivity index is 2.03. The first-order chi connectivity index (χ1) is 11.9. The van der Waals surface area contributed by atoms with Crippen molar-refractivity contribution in [1.82, 2.24) is 0 Å². The topological polar surface area (TPSA) is 64.6 Å². The van der Waals surface area contributed by atoms with Crippen LogP contribution in [0.15, 0.2) is 45.3 Å². The molecule has 0 atom stereocenters. The predicted molar refractivity (Wildman–Crippen MR) is 103 cm³/mol. The lowest BCUT2D eigenvalue weighted by Gasteiger charge is -2.13. The lowest BCUT2D eigenvalue weighted by molar-refractivity contribution is -0.136. The summed E-state index contributed by atoms with van der Waals surface area (Å²) in [5.41, 5.74) is 1.33. The number of benzene rings is 2. The zero-order valence-corrected chi connectivity index (χ0v) is 16.9. The maximum atomic E-state index is 12.1. The monoisotopic (exact) mass is 469 g/mol. The van der Waals surface area contributed by atoms with Crippen LogP contribution in [0.5, 0.6) is 11.5 Å². The summed E-state index contributed by atoms with van der Waals surface area (Å²) in [6.07, 6.45) is 0.336. The second kappa shape index (κ2) is 9.01. The van der Waals surface area contributed by atoms with Crippen LogP contribution < -0.4 is 14.8 Å². The molecule has 0 radical (unpaired) electrons. The molecule has 0 fully saturated rings. The van der Waals surface area contributed by atoms with Crippen LogP contribution in [0.2, 0.25) is 0 Å². The Bertz CT molecular complexity index is 769. The second-order valence-corrected chi connectivity index (χ2v) is 6.96. The van der Waals surface area contributed by atoms with Crippen LogP contribution in [0.3, 0.4) is 0 Å². The number of aryl methyl sites for hydroxylation is 1. The maximum absolute atomic E-state index is 12.1. The number of carbonyl (C=O) groups excluding carboxylic acids is 2. The summed E-state index contributed by atoms with van der Waals surface area (Å²) in [6.45, 7) is 3.37. The molecule has 25 heavy (non-hydrogen) atoms. The number of anilines is 1. The first-order valence-electron chi connectivity index (χ1n) is 7.58. The Kier molecular flexibility index (Phi) is 7.01. The Morgan fingerprint density at radius 1 is 1.16 bits per heavy atom. The van der Waals surface area contributed by atoms with Gasteiger partial charge in [-0.05, 0) is 52.7 Å². The number of halogens is 2. The molecule has 0 aromatic heterocycles. The number of hydrogen-bond donors (Lipinski definition) is 1. The van der Waals surface area contributed by atoms with Gasteiger partial charge in [0.2, 0.25) is 5.91 Å². The van der Waals surface area contributed by atoms with Crippen molar-refractivity contribution < 1.29 is 19.1 Å². The molecule has 0 saturated heterocycles. The van der Waals surface area contributed by atoms with Gasteiger partial charge in [-0.3, -0.25) is 4.79 Å². The van der Waals surface area contributed by atoms with Crippen LogP contribution >= 0.6 is 31.9 Å². The van der Waals surface area contributed by atoms with E-state index in [9.17, 15) is 9.59 Å². The van der Waals surface area contributed by atoms with E-state index in [4.69, 9.17) is 9.47 Å². The van der Waals surface area contributed by atoms with E-state index in [-0.39, 0.29) is 18.3 Å². The number of amides is 1. The van der Waals surface area contributed by atoms with Crippen molar-refractivity contribution in [2.24, 2.45) is 0 Å². The van der Waals surface area contributed by atoms with Gasteiger partial charge in [-0.2, -0.15) is 0 Å². The Hall–Kier alpha value is -1.86. The zero-order valence-electron chi connectivity index (χ0n) is 13.8. The van der Waals surface area contributed by atoms with Gasteiger partial charge in [0.1, 0.15) is 5.75 Å². The van der Waals surface area contributed by atoms with E-state index in [1.165, 1.54) is 0 Å². The summed E-state index contributed by atoms with van der Waals surface area (Å²) in [4.78, 5) is 23.6. The summed E-state index contributed by atoms with van der Waals surface area (Å²) in [7, 11) is 0. The average Bonchev–Trinajstić information content (AvgIpc) is 2.55. The molecule has 1 amide bonds. The number of carbonyl (C=O) groups is 2. The highest BCUT2D eigenvalue weighted by molar-refractivity contribution is 9.11. The van der Waals surface area contributed by atoms with E-state index in [2.05, 4.69) is 37.2 Å². The summed E-state index contributed by atoms with van der Waals surface area (Å²) in [5, 5.41) is 2.69. The van der Waals surface area contributed by atoms with Gasteiger partial charge in [0.15, 0.2) is 12.4 Å². The number of hydrogen-bond acceptors (Lipinski definition) is 4. The fourth-order valence-electron chi connectivity index (χ4n) is 2.05. The molecule has 0 heterocycles. The van der Waals surface area contributed by atoms with Gasteiger partial charge in [0.25, 0.3) is 0 Å². The van der Waals surface area contributed by atoms with Crippen molar-refractivity contribution in [1.29, 1.82) is 0 Å². The van der Waals surface area contributed by atoms with E-state index in [0.717, 1.165) is 14.5 Å². The van der Waals surface area contributed by atoms with Crippen molar-refractivity contribution in [2.75, 3.05) is 11.9 Å². The van der Waals surface area contributed by atoms with Crippen LogP contribution in [-0.2, 0) is 9.59 Å². The van der Waals surface area contributed by atoms with Crippen molar-refractivity contribution in [3.8, 4) is 11.5 Å². The Morgan fingerprint density at radius 2 is 1.88 bits per heavy atom. The molecule has 2 rings (SSSR count). The third-order valence-corrected chi connectivity index (χ3v) is 4.28. The quantitative estimate of drug-likeness (QED) is 0.484. The molecule has 2 aromatic rings. The normalized spacial score (nSPS) is 10.2. The van der Waals surface area contributed by atoms with Crippen molar-refractivity contribution in [3.63, 3.8) is 0 Å². The van der Waals surface area contributed by atoms with Gasteiger partial charge >= 0.3 is 5.97 Å². The van der Waals surface area contributed by atoms with E-state index < -0.39 is 5.97 Å². The SMILES string of the molecule is CCC(=O)Nc1ccccc1OC(=O)COc1c(C)cc(Br)cc1Br. The molecule has 0 spiro atoms. The van der Waals surface area contributed by atoms with Crippen molar-refractivity contribution >= 4 is 49.4 Å². The molecule has 0 aliphatic rings. The fraction of sp³-hybridized carbons (Fsp3) is 0.222. The molecular weight excluding hydrogens is 454 g/mol. The molecule has 0 bridgehead atoms. The lowest BCUT2D eigenvalue weighted by atomic mass is 10.2. The molecule has 0 aliphatic heterocycles. The molecule has 1 N–H and O–H groups in total. The summed E-state index contributed by atoms with van der Waals surface area (Å²) in [6, 6.07) is 10.5. The summed E-state index contributed by atoms with van der Waals surface area (Å²) < 4.78 is 12.5. The fourth-order valence-corrected chi connectivity index (χ4v) is 3.61. The van der Waals surface area contributed by atoms with E-state index in [1.807, 2.05) is 19.1 Å². The average molecular weight is 471 g/mol. The minimum atomic E-state index is -0.563. The highest BCUT2D eigenvalue weighted by Crippen LogP contribution is 2.32.